The monoisotopic (exact) mass is 249 g/mol. The summed E-state index contributed by atoms with van der Waals surface area (Å²) in [5, 5.41) is 8.62. The zero-order chi connectivity index (χ0) is 13.1. The highest BCUT2D eigenvalue weighted by Crippen LogP contribution is 2.31. The fourth-order valence-corrected chi connectivity index (χ4v) is 1.12. The molecule has 0 bridgehead atoms. The summed E-state index contributed by atoms with van der Waals surface area (Å²) >= 11 is 0. The molecular weight excluding hydrogens is 239 g/mol. The molecule has 0 aliphatic carbocycles. The second-order valence-electron chi connectivity index (χ2n) is 3.20. The van der Waals surface area contributed by atoms with Gasteiger partial charge in [0.25, 0.3) is 0 Å². The number of pyridine rings is 1. The van der Waals surface area contributed by atoms with Gasteiger partial charge in [0.2, 0.25) is 5.88 Å². The lowest BCUT2D eigenvalue weighted by Crippen LogP contribution is -2.16. The fourth-order valence-electron chi connectivity index (χ4n) is 1.12. The molecule has 0 aliphatic heterocycles. The molecule has 0 aromatic carbocycles. The average molecular weight is 249 g/mol. The summed E-state index contributed by atoms with van der Waals surface area (Å²) in [5.74, 6) is -1.91. The molecule has 94 valence electrons. The number of carboxylic acids is 1. The van der Waals surface area contributed by atoms with Crippen molar-refractivity contribution in [2.24, 2.45) is 0 Å². The van der Waals surface area contributed by atoms with Crippen LogP contribution in [0.3, 0.4) is 0 Å². The lowest BCUT2D eigenvalue weighted by atomic mass is 10.2. The number of ether oxygens (including phenoxy) is 1. The van der Waals surface area contributed by atoms with Crippen LogP contribution >= 0.6 is 0 Å². The first-order valence-electron chi connectivity index (χ1n) is 4.80. The Morgan fingerprint density at radius 3 is 2.59 bits per heavy atom. The van der Waals surface area contributed by atoms with Crippen LogP contribution in [0.5, 0.6) is 5.88 Å². The molecule has 0 unspecified atom stereocenters. The van der Waals surface area contributed by atoms with Crippen LogP contribution in [-0.2, 0) is 6.18 Å². The molecule has 0 aliphatic rings. The van der Waals surface area contributed by atoms with Crippen molar-refractivity contribution in [2.45, 2.75) is 19.5 Å². The molecule has 0 fully saturated rings. The normalized spacial score (nSPS) is 11.3. The molecule has 0 atom stereocenters. The first-order chi connectivity index (χ1) is 7.86. The molecule has 0 spiro atoms. The van der Waals surface area contributed by atoms with E-state index in [4.69, 9.17) is 9.84 Å². The van der Waals surface area contributed by atoms with E-state index in [0.717, 1.165) is 12.1 Å². The smallest absolute Gasteiger partial charge is 0.434 e. The average Bonchev–Trinajstić information content (AvgIpc) is 2.24. The fraction of sp³-hybridized carbons (Fsp3) is 0.400. The van der Waals surface area contributed by atoms with Gasteiger partial charge in [-0.1, -0.05) is 6.92 Å². The van der Waals surface area contributed by atoms with Crippen molar-refractivity contribution in [3.63, 3.8) is 0 Å². The minimum Gasteiger partial charge on any atom is -0.478 e. The number of nitrogens with zero attached hydrogens (tertiary/aromatic N) is 1. The number of aromatic nitrogens is 1. The Bertz CT molecular complexity index is 418. The molecule has 1 aromatic rings. The number of carboxylic acid groups (broad SMARTS) is 1. The van der Waals surface area contributed by atoms with E-state index in [9.17, 15) is 18.0 Å². The highest BCUT2D eigenvalue weighted by molar-refractivity contribution is 5.89. The van der Waals surface area contributed by atoms with Crippen molar-refractivity contribution in [3.05, 3.63) is 23.4 Å². The zero-order valence-corrected chi connectivity index (χ0v) is 8.91. The van der Waals surface area contributed by atoms with Crippen molar-refractivity contribution >= 4 is 5.97 Å². The summed E-state index contributed by atoms with van der Waals surface area (Å²) in [7, 11) is 0. The number of aromatic carboxylic acids is 1. The van der Waals surface area contributed by atoms with E-state index in [0.29, 0.717) is 6.42 Å². The predicted octanol–water partition coefficient (Wildman–Crippen LogP) is 2.59. The molecule has 1 rings (SSSR count). The molecule has 7 heteroatoms. The Hall–Kier alpha value is -1.79. The van der Waals surface area contributed by atoms with E-state index in [1.165, 1.54) is 0 Å². The van der Waals surface area contributed by atoms with Crippen molar-refractivity contribution < 1.29 is 27.8 Å². The van der Waals surface area contributed by atoms with Gasteiger partial charge in [0, 0.05) is 6.07 Å². The molecule has 1 heterocycles. The van der Waals surface area contributed by atoms with E-state index >= 15 is 0 Å². The minimum absolute atomic E-state index is 0.219. The maximum absolute atomic E-state index is 12.5. The SMILES string of the molecule is CCCOc1ccc(C(=O)O)c(C(F)(F)F)n1. The largest absolute Gasteiger partial charge is 0.478 e. The summed E-state index contributed by atoms with van der Waals surface area (Å²) in [6.45, 7) is 2.01. The van der Waals surface area contributed by atoms with Gasteiger partial charge in [-0.3, -0.25) is 0 Å². The number of rotatable bonds is 4. The maximum atomic E-state index is 12.5. The van der Waals surface area contributed by atoms with Gasteiger partial charge in [0.05, 0.1) is 12.2 Å². The number of alkyl halides is 3. The zero-order valence-electron chi connectivity index (χ0n) is 8.91. The predicted molar refractivity (Wildman–Crippen MR) is 52.0 cm³/mol. The molecule has 0 saturated carbocycles. The molecule has 0 amide bonds. The van der Waals surface area contributed by atoms with Gasteiger partial charge in [-0.25, -0.2) is 9.78 Å². The van der Waals surface area contributed by atoms with Crippen LogP contribution in [0.25, 0.3) is 0 Å². The van der Waals surface area contributed by atoms with Crippen molar-refractivity contribution in [3.8, 4) is 5.88 Å². The lowest BCUT2D eigenvalue weighted by Gasteiger charge is -2.11. The van der Waals surface area contributed by atoms with Crippen molar-refractivity contribution in [2.75, 3.05) is 6.61 Å². The second-order valence-corrected chi connectivity index (χ2v) is 3.20. The van der Waals surface area contributed by atoms with E-state index in [2.05, 4.69) is 4.98 Å². The van der Waals surface area contributed by atoms with Crippen LogP contribution in [0.4, 0.5) is 13.2 Å². The molecule has 17 heavy (non-hydrogen) atoms. The number of halogens is 3. The maximum Gasteiger partial charge on any atom is 0.434 e. The third-order valence-corrected chi connectivity index (χ3v) is 1.82. The summed E-state index contributed by atoms with van der Waals surface area (Å²) < 4.78 is 42.5. The number of carbonyl (C=O) groups is 1. The quantitative estimate of drug-likeness (QED) is 0.890. The Labute approximate surface area is 95.0 Å². The third kappa shape index (κ3) is 3.33. The Morgan fingerprint density at radius 1 is 1.47 bits per heavy atom. The van der Waals surface area contributed by atoms with Crippen LogP contribution in [0, 0.1) is 0 Å². The van der Waals surface area contributed by atoms with Crippen LogP contribution in [0.1, 0.15) is 29.4 Å². The van der Waals surface area contributed by atoms with Gasteiger partial charge in [-0.05, 0) is 12.5 Å². The first kappa shape index (κ1) is 13.3. The van der Waals surface area contributed by atoms with Crippen molar-refractivity contribution in [1.82, 2.24) is 4.98 Å². The Balaban J connectivity index is 3.15. The summed E-state index contributed by atoms with van der Waals surface area (Å²) in [4.78, 5) is 13.8. The van der Waals surface area contributed by atoms with Crippen LogP contribution in [0.2, 0.25) is 0 Å². The van der Waals surface area contributed by atoms with Gasteiger partial charge in [0.15, 0.2) is 5.69 Å². The number of hydrogen-bond donors (Lipinski definition) is 1. The first-order valence-corrected chi connectivity index (χ1v) is 4.80. The third-order valence-electron chi connectivity index (χ3n) is 1.82. The highest BCUT2D eigenvalue weighted by atomic mass is 19.4. The van der Waals surface area contributed by atoms with Crippen LogP contribution in [0.15, 0.2) is 12.1 Å². The molecule has 1 aromatic heterocycles. The molecule has 1 N–H and O–H groups in total. The van der Waals surface area contributed by atoms with E-state index < -0.39 is 23.4 Å². The van der Waals surface area contributed by atoms with E-state index in [-0.39, 0.29) is 12.5 Å². The number of hydrogen-bond acceptors (Lipinski definition) is 3. The van der Waals surface area contributed by atoms with Gasteiger partial charge < -0.3 is 9.84 Å². The standard InChI is InChI=1S/C10H10F3NO3/c1-2-5-17-7-4-3-6(9(15)16)8(14-7)10(11,12)13/h3-4H,2,5H2,1H3,(H,15,16). The second kappa shape index (κ2) is 5.03. The van der Waals surface area contributed by atoms with Gasteiger partial charge in [-0.2, -0.15) is 13.2 Å². The van der Waals surface area contributed by atoms with Gasteiger partial charge >= 0.3 is 12.1 Å². The molecule has 0 saturated heterocycles. The Morgan fingerprint density at radius 2 is 2.12 bits per heavy atom. The van der Waals surface area contributed by atoms with E-state index in [1.807, 2.05) is 0 Å². The highest BCUT2D eigenvalue weighted by Gasteiger charge is 2.37. The van der Waals surface area contributed by atoms with E-state index in [1.54, 1.807) is 6.92 Å². The summed E-state index contributed by atoms with van der Waals surface area (Å²) in [5.41, 5.74) is -2.33. The summed E-state index contributed by atoms with van der Waals surface area (Å²) in [6, 6.07) is 1.94. The van der Waals surface area contributed by atoms with Crippen LogP contribution < -0.4 is 4.74 Å². The summed E-state index contributed by atoms with van der Waals surface area (Å²) in [6.07, 6.45) is -4.21. The molecule has 4 nitrogen and oxygen atoms in total. The molecular formula is C10H10F3NO3. The van der Waals surface area contributed by atoms with Crippen molar-refractivity contribution in [1.29, 1.82) is 0 Å². The topological polar surface area (TPSA) is 59.4 Å². The minimum atomic E-state index is -4.82. The Kier molecular flexibility index (Phi) is 3.93. The van der Waals surface area contributed by atoms with Gasteiger partial charge in [-0.15, -0.1) is 0 Å². The van der Waals surface area contributed by atoms with Gasteiger partial charge in [0.1, 0.15) is 0 Å². The van der Waals surface area contributed by atoms with Crippen LogP contribution in [-0.4, -0.2) is 22.7 Å². The molecule has 0 radical (unpaired) electrons. The lowest BCUT2D eigenvalue weighted by molar-refractivity contribution is -0.141.